The summed E-state index contributed by atoms with van der Waals surface area (Å²) in [6, 6.07) is 18.1. The van der Waals surface area contributed by atoms with E-state index in [-0.39, 0.29) is 12.5 Å². The lowest BCUT2D eigenvalue weighted by Crippen LogP contribution is -2.42. The molecule has 0 saturated carbocycles. The van der Waals surface area contributed by atoms with E-state index in [9.17, 15) is 14.4 Å². The molecule has 36 heavy (non-hydrogen) atoms. The first-order valence-corrected chi connectivity index (χ1v) is 11.5. The molecule has 4 amide bonds. The highest BCUT2D eigenvalue weighted by atomic mass is 16.5. The lowest BCUT2D eigenvalue weighted by Gasteiger charge is -2.25. The summed E-state index contributed by atoms with van der Waals surface area (Å²) < 4.78 is 7.04. The largest absolute Gasteiger partial charge is 0.497 e. The van der Waals surface area contributed by atoms with E-state index in [0.29, 0.717) is 24.3 Å². The van der Waals surface area contributed by atoms with Crippen molar-refractivity contribution in [1.29, 1.82) is 0 Å². The molecular weight excluding hydrogens is 458 g/mol. The van der Waals surface area contributed by atoms with Gasteiger partial charge in [-0.15, -0.1) is 0 Å². The highest BCUT2D eigenvalue weighted by molar-refractivity contribution is 5.98. The lowest BCUT2D eigenvalue weighted by atomic mass is 9.99. The van der Waals surface area contributed by atoms with Crippen LogP contribution in [0.5, 0.6) is 5.75 Å². The van der Waals surface area contributed by atoms with Crippen LogP contribution in [0.2, 0.25) is 0 Å². The second-order valence-corrected chi connectivity index (χ2v) is 8.70. The van der Waals surface area contributed by atoms with Gasteiger partial charge >= 0.3 is 6.03 Å². The summed E-state index contributed by atoms with van der Waals surface area (Å²) in [5, 5.41) is 10.5. The number of nitrogens with one attached hydrogen (secondary N) is 2. The Kier molecular flexibility index (Phi) is 6.12. The van der Waals surface area contributed by atoms with Crippen LogP contribution < -0.4 is 15.4 Å². The molecular formula is C27H25N5O4. The van der Waals surface area contributed by atoms with Gasteiger partial charge in [-0.2, -0.15) is 5.10 Å². The maximum Gasteiger partial charge on any atom is 0.321 e. The van der Waals surface area contributed by atoms with E-state index in [1.807, 2.05) is 67.8 Å². The number of ether oxygens (including phenoxy) is 1. The van der Waals surface area contributed by atoms with Crippen molar-refractivity contribution in [2.75, 3.05) is 13.7 Å². The van der Waals surface area contributed by atoms with E-state index in [1.165, 1.54) is 0 Å². The number of imide groups is 1. The number of rotatable bonds is 7. The maximum atomic E-state index is 13.1. The summed E-state index contributed by atoms with van der Waals surface area (Å²) in [5.41, 5.74) is 5.23. The van der Waals surface area contributed by atoms with E-state index in [4.69, 9.17) is 4.74 Å². The average molecular weight is 484 g/mol. The fraction of sp³-hybridized carbons (Fsp3) is 0.185. The zero-order valence-electron chi connectivity index (χ0n) is 19.9. The summed E-state index contributed by atoms with van der Waals surface area (Å²) in [5.74, 6) is 0.482. The zero-order chi connectivity index (χ0) is 25.2. The van der Waals surface area contributed by atoms with E-state index in [2.05, 4.69) is 15.7 Å². The first kappa shape index (κ1) is 23.1. The number of methoxy groups -OCH3 is 1. The highest BCUT2D eigenvalue weighted by Crippen LogP contribution is 2.30. The Labute approximate surface area is 207 Å². The molecule has 0 saturated heterocycles. The number of aromatic nitrogens is 2. The Morgan fingerprint density at radius 2 is 1.89 bits per heavy atom. The van der Waals surface area contributed by atoms with Crippen LogP contribution in [0.15, 0.2) is 66.9 Å². The third-order valence-corrected chi connectivity index (χ3v) is 6.36. The SMILES string of the molecule is COc1ccc2c(c1)C(=O)N(C[C@H](NC(=O)NC=O)c1ccc(-c3ccc4cn(C)nc4c3)cc1)C2. The van der Waals surface area contributed by atoms with Crippen LogP contribution in [-0.2, 0) is 18.4 Å². The number of carbonyl (C=O) groups is 3. The molecule has 2 N–H and O–H groups in total. The summed E-state index contributed by atoms with van der Waals surface area (Å²) in [6.07, 6.45) is 2.29. The minimum absolute atomic E-state index is 0.133. The van der Waals surface area contributed by atoms with Gasteiger partial charge in [0.25, 0.3) is 5.91 Å². The van der Waals surface area contributed by atoms with Gasteiger partial charge in [-0.05, 0) is 40.5 Å². The molecule has 0 unspecified atom stereocenters. The van der Waals surface area contributed by atoms with Crippen molar-refractivity contribution in [2.45, 2.75) is 12.6 Å². The van der Waals surface area contributed by atoms with Crippen molar-refractivity contribution in [1.82, 2.24) is 25.3 Å². The third kappa shape index (κ3) is 4.50. The Bertz CT molecular complexity index is 1460. The highest BCUT2D eigenvalue weighted by Gasteiger charge is 2.30. The summed E-state index contributed by atoms with van der Waals surface area (Å²) in [7, 11) is 3.45. The molecule has 0 fully saturated rings. The molecule has 0 spiro atoms. The minimum atomic E-state index is -0.634. The number of hydrogen-bond acceptors (Lipinski definition) is 5. The zero-order valence-corrected chi connectivity index (χ0v) is 19.9. The maximum absolute atomic E-state index is 13.1. The van der Waals surface area contributed by atoms with Gasteiger partial charge in [-0.25, -0.2) is 4.79 Å². The molecule has 0 aliphatic carbocycles. The van der Waals surface area contributed by atoms with Gasteiger partial charge in [0.05, 0.1) is 18.7 Å². The van der Waals surface area contributed by atoms with E-state index < -0.39 is 12.1 Å². The number of aryl methyl sites for hydroxylation is 1. The third-order valence-electron chi connectivity index (χ3n) is 6.36. The summed E-state index contributed by atoms with van der Waals surface area (Å²) >= 11 is 0. The Balaban J connectivity index is 1.39. The predicted octanol–water partition coefficient (Wildman–Crippen LogP) is 3.40. The topological polar surface area (TPSA) is 106 Å². The number of urea groups is 1. The van der Waals surface area contributed by atoms with Crippen LogP contribution in [0.4, 0.5) is 4.79 Å². The Hall–Kier alpha value is -4.66. The normalized spacial score (nSPS) is 13.4. The van der Waals surface area contributed by atoms with Crippen molar-refractivity contribution in [3.63, 3.8) is 0 Å². The molecule has 182 valence electrons. The van der Waals surface area contributed by atoms with Gasteiger partial charge in [0.2, 0.25) is 6.41 Å². The number of amides is 4. The smallest absolute Gasteiger partial charge is 0.321 e. The van der Waals surface area contributed by atoms with Crippen LogP contribution in [-0.4, -0.2) is 46.7 Å². The predicted molar refractivity (Wildman–Crippen MR) is 134 cm³/mol. The number of hydrogen-bond donors (Lipinski definition) is 2. The standard InChI is InChI=1S/C27H25N5O4/c1-31-13-21-8-7-19(11-24(21)30-31)17-3-5-18(6-4-17)25(29-27(35)28-16-33)15-32-14-20-9-10-22(36-2)12-23(20)26(32)34/h3-13,16,25H,14-15H2,1-2H3,(H2,28,29,33,35)/t25-/m0/s1. The number of benzene rings is 3. The first-order chi connectivity index (χ1) is 17.4. The fourth-order valence-corrected chi connectivity index (χ4v) is 4.55. The number of nitrogens with zero attached hydrogens (tertiary/aromatic N) is 3. The molecule has 4 aromatic rings. The molecule has 1 aliphatic heterocycles. The van der Waals surface area contributed by atoms with Gasteiger partial charge in [-0.1, -0.05) is 42.5 Å². The molecule has 1 aromatic heterocycles. The fourth-order valence-electron chi connectivity index (χ4n) is 4.55. The second kappa shape index (κ2) is 9.53. The monoisotopic (exact) mass is 483 g/mol. The Morgan fingerprint density at radius 1 is 1.11 bits per heavy atom. The molecule has 0 radical (unpaired) electrons. The molecule has 2 heterocycles. The summed E-state index contributed by atoms with van der Waals surface area (Å²) in [6.45, 7) is 0.662. The van der Waals surface area contributed by atoms with Gasteiger partial charge < -0.3 is 15.0 Å². The molecule has 9 nitrogen and oxygen atoms in total. The molecule has 1 aliphatic rings. The molecule has 9 heteroatoms. The van der Waals surface area contributed by atoms with Crippen molar-refractivity contribution >= 4 is 29.3 Å². The van der Waals surface area contributed by atoms with Crippen molar-refractivity contribution in [2.24, 2.45) is 7.05 Å². The van der Waals surface area contributed by atoms with Crippen molar-refractivity contribution < 1.29 is 19.1 Å². The lowest BCUT2D eigenvalue weighted by molar-refractivity contribution is -0.108. The van der Waals surface area contributed by atoms with E-state index in [0.717, 1.165) is 33.2 Å². The number of fused-ring (bicyclic) bond motifs is 2. The minimum Gasteiger partial charge on any atom is -0.497 e. The van der Waals surface area contributed by atoms with Gasteiger partial charge in [0, 0.05) is 37.3 Å². The molecule has 3 aromatic carbocycles. The molecule has 0 bridgehead atoms. The number of carbonyl (C=O) groups excluding carboxylic acids is 3. The first-order valence-electron chi connectivity index (χ1n) is 11.5. The quantitative estimate of drug-likeness (QED) is 0.392. The van der Waals surface area contributed by atoms with Crippen molar-refractivity contribution in [3.8, 4) is 16.9 Å². The van der Waals surface area contributed by atoms with E-state index in [1.54, 1.807) is 22.8 Å². The van der Waals surface area contributed by atoms with Crippen LogP contribution in [0.3, 0.4) is 0 Å². The Morgan fingerprint density at radius 3 is 2.64 bits per heavy atom. The average Bonchev–Trinajstić information content (AvgIpc) is 3.41. The van der Waals surface area contributed by atoms with Crippen LogP contribution in [0, 0.1) is 0 Å². The van der Waals surface area contributed by atoms with E-state index >= 15 is 0 Å². The van der Waals surface area contributed by atoms with Gasteiger partial charge in [-0.3, -0.25) is 19.6 Å². The van der Waals surface area contributed by atoms with Crippen LogP contribution >= 0.6 is 0 Å². The molecule has 5 rings (SSSR count). The van der Waals surface area contributed by atoms with Gasteiger partial charge in [0.15, 0.2) is 0 Å². The van der Waals surface area contributed by atoms with Gasteiger partial charge in [0.1, 0.15) is 5.75 Å². The van der Waals surface area contributed by atoms with Crippen molar-refractivity contribution in [3.05, 3.63) is 83.6 Å². The van der Waals surface area contributed by atoms with Crippen LogP contribution in [0.1, 0.15) is 27.5 Å². The summed E-state index contributed by atoms with van der Waals surface area (Å²) in [4.78, 5) is 37.7. The van der Waals surface area contributed by atoms with Crippen LogP contribution in [0.25, 0.3) is 22.0 Å². The molecule has 1 atom stereocenters. The second-order valence-electron chi connectivity index (χ2n) is 8.70.